The maximum absolute atomic E-state index is 13.2. The highest BCUT2D eigenvalue weighted by Crippen LogP contribution is 2.40. The van der Waals surface area contributed by atoms with Crippen LogP contribution in [0, 0.1) is 0 Å². The van der Waals surface area contributed by atoms with E-state index in [4.69, 9.17) is 13.6 Å². The molecule has 0 unspecified atom stereocenters. The fraction of sp³-hybridized carbons (Fsp3) is 0.143. The van der Waals surface area contributed by atoms with Crippen LogP contribution in [0.2, 0.25) is 0 Å². The summed E-state index contributed by atoms with van der Waals surface area (Å²) in [5, 5.41) is 4.44. The van der Waals surface area contributed by atoms with Gasteiger partial charge in [-0.2, -0.15) is 4.98 Å². The minimum absolute atomic E-state index is 0.300. The fourth-order valence-corrected chi connectivity index (χ4v) is 4.95. The van der Waals surface area contributed by atoms with Crippen molar-refractivity contribution >= 4 is 49.7 Å². The first-order chi connectivity index (χ1) is 16.8. The van der Waals surface area contributed by atoms with Crippen LogP contribution < -0.4 is 10.5 Å². The summed E-state index contributed by atoms with van der Waals surface area (Å²) in [6.07, 6.45) is 0. The molecular formula is C28H20N2O4. The number of fused-ring (bicyclic) bond motifs is 6. The lowest BCUT2D eigenvalue weighted by molar-refractivity contribution is 0.120. The minimum Gasteiger partial charge on any atom is -0.455 e. The number of para-hydroxylation sites is 2. The first-order valence-corrected chi connectivity index (χ1v) is 11.4. The van der Waals surface area contributed by atoms with Crippen molar-refractivity contribution in [3.05, 3.63) is 83.2 Å². The monoisotopic (exact) mass is 448 g/mol. The maximum atomic E-state index is 13.2. The molecule has 1 saturated heterocycles. The molecule has 6 nitrogen and oxygen atoms in total. The smallest absolute Gasteiger partial charge is 0.301 e. The lowest BCUT2D eigenvalue weighted by Crippen LogP contribution is -2.37. The van der Waals surface area contributed by atoms with E-state index in [2.05, 4.69) is 23.2 Å². The highest BCUT2D eigenvalue weighted by molar-refractivity contribution is 6.16. The molecule has 0 atom stereocenters. The van der Waals surface area contributed by atoms with E-state index in [1.54, 1.807) is 0 Å². The van der Waals surface area contributed by atoms with Crippen molar-refractivity contribution in [2.24, 2.45) is 0 Å². The van der Waals surface area contributed by atoms with E-state index in [9.17, 15) is 4.79 Å². The zero-order chi connectivity index (χ0) is 22.6. The summed E-state index contributed by atoms with van der Waals surface area (Å²) in [5.74, 6) is 0. The Labute approximate surface area is 194 Å². The van der Waals surface area contributed by atoms with Gasteiger partial charge in [0.25, 0.3) is 5.56 Å². The molecular weight excluding hydrogens is 428 g/mol. The number of hydrogen-bond acceptors (Lipinski definition) is 6. The topological polar surface area (TPSA) is 68.7 Å². The van der Waals surface area contributed by atoms with Gasteiger partial charge in [0.1, 0.15) is 11.2 Å². The van der Waals surface area contributed by atoms with Crippen molar-refractivity contribution in [2.45, 2.75) is 0 Å². The summed E-state index contributed by atoms with van der Waals surface area (Å²) in [6, 6.07) is 24.4. The maximum Gasteiger partial charge on any atom is 0.301 e. The summed E-state index contributed by atoms with van der Waals surface area (Å²) >= 11 is 0. The van der Waals surface area contributed by atoms with Crippen molar-refractivity contribution in [3.8, 4) is 11.1 Å². The van der Waals surface area contributed by atoms with Crippen LogP contribution in [0.25, 0.3) is 54.8 Å². The van der Waals surface area contributed by atoms with Crippen molar-refractivity contribution in [3.63, 3.8) is 0 Å². The third-order valence-electron chi connectivity index (χ3n) is 6.59. The molecule has 7 rings (SSSR count). The van der Waals surface area contributed by atoms with Crippen molar-refractivity contribution in [1.82, 2.24) is 4.98 Å². The number of nitrogens with zero attached hydrogens (tertiary/aromatic N) is 2. The minimum atomic E-state index is -0.300. The number of furan rings is 1. The molecule has 1 aliphatic heterocycles. The van der Waals surface area contributed by atoms with Gasteiger partial charge in [0.15, 0.2) is 5.58 Å². The number of morpholine rings is 1. The van der Waals surface area contributed by atoms with Gasteiger partial charge in [0.05, 0.1) is 18.6 Å². The highest BCUT2D eigenvalue weighted by Gasteiger charge is 2.21. The van der Waals surface area contributed by atoms with Gasteiger partial charge in [-0.3, -0.25) is 4.79 Å². The van der Waals surface area contributed by atoms with Crippen LogP contribution in [0.4, 0.5) is 6.01 Å². The van der Waals surface area contributed by atoms with Crippen LogP contribution in [0.1, 0.15) is 0 Å². The summed E-state index contributed by atoms with van der Waals surface area (Å²) in [4.78, 5) is 19.5. The quantitative estimate of drug-likeness (QED) is 0.315. The first-order valence-electron chi connectivity index (χ1n) is 11.4. The lowest BCUT2D eigenvalue weighted by atomic mass is 9.95. The molecule has 0 bridgehead atoms. The second-order valence-electron chi connectivity index (χ2n) is 8.53. The van der Waals surface area contributed by atoms with Gasteiger partial charge in [-0.15, -0.1) is 0 Å². The third kappa shape index (κ3) is 2.85. The van der Waals surface area contributed by atoms with Gasteiger partial charge in [0, 0.05) is 34.8 Å². The largest absolute Gasteiger partial charge is 0.455 e. The van der Waals surface area contributed by atoms with E-state index in [-0.39, 0.29) is 5.56 Å². The predicted octanol–water partition coefficient (Wildman–Crippen LogP) is 5.74. The third-order valence-corrected chi connectivity index (χ3v) is 6.59. The zero-order valence-corrected chi connectivity index (χ0v) is 18.3. The molecule has 166 valence electrons. The molecule has 1 aliphatic rings. The number of hydrogen-bond donors (Lipinski definition) is 0. The second kappa shape index (κ2) is 7.43. The lowest BCUT2D eigenvalue weighted by Gasteiger charge is -2.26. The Morgan fingerprint density at radius 2 is 1.38 bits per heavy atom. The van der Waals surface area contributed by atoms with Gasteiger partial charge in [-0.25, -0.2) is 0 Å². The van der Waals surface area contributed by atoms with E-state index in [1.165, 1.54) is 0 Å². The van der Waals surface area contributed by atoms with E-state index in [0.717, 1.165) is 43.8 Å². The standard InChI is InChI=1S/C28H20N2O4/c31-27-23-16-22(21-10-5-9-20-18-7-3-4-11-24(18)33-25(20)21)17-6-1-2-8-19(17)26(23)34-28(29-27)30-12-14-32-15-13-30/h1-11,16H,12-15H2. The first kappa shape index (κ1) is 19.3. The summed E-state index contributed by atoms with van der Waals surface area (Å²) < 4.78 is 18.0. The van der Waals surface area contributed by atoms with E-state index in [1.807, 2.05) is 59.5 Å². The molecule has 6 heteroatoms. The average Bonchev–Trinajstić information content (AvgIpc) is 3.28. The van der Waals surface area contributed by atoms with E-state index < -0.39 is 0 Å². The van der Waals surface area contributed by atoms with Crippen LogP contribution in [0.15, 0.2) is 86.4 Å². The Bertz CT molecular complexity index is 1780. The Morgan fingerprint density at radius 1 is 0.676 bits per heavy atom. The molecule has 0 aliphatic carbocycles. The van der Waals surface area contributed by atoms with E-state index in [0.29, 0.717) is 43.3 Å². The Kier molecular flexibility index (Phi) is 4.22. The number of ether oxygens (including phenoxy) is 1. The molecule has 4 aromatic carbocycles. The highest BCUT2D eigenvalue weighted by atomic mass is 16.5. The zero-order valence-electron chi connectivity index (χ0n) is 18.3. The van der Waals surface area contributed by atoms with E-state index >= 15 is 0 Å². The molecule has 0 N–H and O–H groups in total. The van der Waals surface area contributed by atoms with Gasteiger partial charge in [-0.05, 0) is 23.1 Å². The molecule has 2 aromatic heterocycles. The molecule has 0 amide bonds. The van der Waals surface area contributed by atoms with Crippen LogP contribution in [0.5, 0.6) is 0 Å². The number of rotatable bonds is 2. The Balaban J connectivity index is 1.54. The number of anilines is 1. The van der Waals surface area contributed by atoms with Crippen LogP contribution in [-0.4, -0.2) is 31.3 Å². The Morgan fingerprint density at radius 3 is 2.24 bits per heavy atom. The molecule has 6 aromatic rings. The van der Waals surface area contributed by atoms with Gasteiger partial charge in [-0.1, -0.05) is 60.7 Å². The van der Waals surface area contributed by atoms with Crippen molar-refractivity contribution in [2.75, 3.05) is 31.2 Å². The molecule has 3 heterocycles. The summed E-state index contributed by atoms with van der Waals surface area (Å²) in [7, 11) is 0. The number of aromatic nitrogens is 1. The molecule has 0 spiro atoms. The van der Waals surface area contributed by atoms with Crippen molar-refractivity contribution in [1.29, 1.82) is 0 Å². The molecule has 0 saturated carbocycles. The number of benzene rings is 4. The van der Waals surface area contributed by atoms with Gasteiger partial charge < -0.3 is 18.5 Å². The molecule has 1 fully saturated rings. The van der Waals surface area contributed by atoms with Crippen LogP contribution in [0.3, 0.4) is 0 Å². The predicted molar refractivity (Wildman–Crippen MR) is 134 cm³/mol. The van der Waals surface area contributed by atoms with Gasteiger partial charge >= 0.3 is 6.01 Å². The van der Waals surface area contributed by atoms with Crippen molar-refractivity contribution < 1.29 is 13.6 Å². The van der Waals surface area contributed by atoms with Crippen LogP contribution >= 0.6 is 0 Å². The van der Waals surface area contributed by atoms with Gasteiger partial charge in [0.2, 0.25) is 0 Å². The normalized spacial score (nSPS) is 14.5. The second-order valence-corrected chi connectivity index (χ2v) is 8.53. The van der Waals surface area contributed by atoms with Crippen LogP contribution in [-0.2, 0) is 4.74 Å². The summed E-state index contributed by atoms with van der Waals surface area (Å²) in [6.45, 7) is 2.46. The molecule has 0 radical (unpaired) electrons. The SMILES string of the molecule is O=c1nc(N2CCOCC2)oc2c1cc(-c1cccc3c1oc1ccccc13)c1ccccc12. The Hall–Kier alpha value is -4.16. The average molecular weight is 448 g/mol. The fourth-order valence-electron chi connectivity index (χ4n) is 4.95. The molecule has 34 heavy (non-hydrogen) atoms. The summed E-state index contributed by atoms with van der Waals surface area (Å²) in [5.41, 5.74) is 3.75.